The number of nitrogens with two attached hydrogens (primary N) is 1. The van der Waals surface area contributed by atoms with Crippen LogP contribution in [-0.4, -0.2) is 19.9 Å². The molecule has 0 unspecified atom stereocenters. The molecule has 3 N–H and O–H groups in total. The summed E-state index contributed by atoms with van der Waals surface area (Å²) in [4.78, 5) is 15.6. The van der Waals surface area contributed by atoms with Gasteiger partial charge in [0.1, 0.15) is 29.2 Å². The normalized spacial score (nSPS) is 11.3. The number of H-pyrrole nitrogens is 1. The van der Waals surface area contributed by atoms with Gasteiger partial charge in [-0.05, 0) is 20.8 Å². The van der Waals surface area contributed by atoms with Crippen LogP contribution in [-0.2, 0) is 0 Å². The Morgan fingerprint density at radius 2 is 1.94 bits per heavy atom. The molecule has 0 aliphatic carbocycles. The van der Waals surface area contributed by atoms with Gasteiger partial charge in [0.05, 0.1) is 5.56 Å². The van der Waals surface area contributed by atoms with Crippen molar-refractivity contribution in [2.75, 3.05) is 5.73 Å². The lowest BCUT2D eigenvalue weighted by atomic mass is 10.1. The molecule has 0 atom stereocenters. The highest BCUT2D eigenvalue weighted by Crippen LogP contribution is 2.31. The molecule has 0 saturated carbocycles. The molecule has 0 saturated heterocycles. The van der Waals surface area contributed by atoms with Crippen molar-refractivity contribution in [2.24, 2.45) is 0 Å². The number of aryl methyl sites for hydroxylation is 2. The molecule has 3 aromatic rings. The summed E-state index contributed by atoms with van der Waals surface area (Å²) in [5.74, 6) is 2.83. The van der Waals surface area contributed by atoms with Crippen molar-refractivity contribution < 1.29 is 4.42 Å². The Morgan fingerprint density at radius 1 is 1.17 bits per heavy atom. The van der Waals surface area contributed by atoms with Crippen LogP contribution < -0.4 is 5.73 Å². The van der Waals surface area contributed by atoms with Crippen LogP contribution in [0.3, 0.4) is 0 Å². The first-order valence-corrected chi connectivity index (χ1v) is 5.61. The van der Waals surface area contributed by atoms with E-state index in [1.165, 1.54) is 6.33 Å². The van der Waals surface area contributed by atoms with E-state index in [2.05, 4.69) is 19.9 Å². The van der Waals surface area contributed by atoms with Crippen molar-refractivity contribution in [3.8, 4) is 11.4 Å². The Bertz CT molecular complexity index is 740. The Kier molecular flexibility index (Phi) is 2.13. The quantitative estimate of drug-likeness (QED) is 0.682. The van der Waals surface area contributed by atoms with E-state index in [1.54, 1.807) is 0 Å². The van der Waals surface area contributed by atoms with Gasteiger partial charge < -0.3 is 15.1 Å². The molecule has 3 aromatic heterocycles. The van der Waals surface area contributed by atoms with Crippen LogP contribution in [0.5, 0.6) is 0 Å². The maximum absolute atomic E-state index is 5.78. The lowest BCUT2D eigenvalue weighted by Gasteiger charge is -1.95. The number of nitrogen functional groups attached to an aromatic ring is 1. The largest absolute Gasteiger partial charge is 0.466 e. The minimum atomic E-state index is 0.397. The number of nitrogens with one attached hydrogen (secondary N) is 1. The highest BCUT2D eigenvalue weighted by Gasteiger charge is 2.17. The lowest BCUT2D eigenvalue weighted by molar-refractivity contribution is 0.503. The number of fused-ring (bicyclic) bond motifs is 1. The maximum Gasteiger partial charge on any atom is 0.183 e. The van der Waals surface area contributed by atoms with Gasteiger partial charge in [0.15, 0.2) is 11.5 Å². The molecule has 0 spiro atoms. The fraction of sp³-hybridized carbons (Fsp3) is 0.250. The van der Waals surface area contributed by atoms with Gasteiger partial charge >= 0.3 is 0 Å². The molecular weight excluding hydrogens is 230 g/mol. The molecule has 0 aliphatic rings. The Balaban J connectivity index is 2.29. The summed E-state index contributed by atoms with van der Waals surface area (Å²) >= 11 is 0. The highest BCUT2D eigenvalue weighted by molar-refractivity contribution is 5.84. The van der Waals surface area contributed by atoms with Crippen molar-refractivity contribution >= 4 is 17.0 Å². The van der Waals surface area contributed by atoms with Crippen molar-refractivity contribution in [3.63, 3.8) is 0 Å². The number of rotatable bonds is 1. The molecule has 0 bridgehead atoms. The second-order valence-corrected chi connectivity index (χ2v) is 4.26. The molecular formula is C12H13N5O. The number of hydrogen-bond donors (Lipinski definition) is 2. The van der Waals surface area contributed by atoms with Crippen LogP contribution in [0.15, 0.2) is 10.7 Å². The number of aromatic nitrogens is 4. The van der Waals surface area contributed by atoms with Gasteiger partial charge in [0, 0.05) is 5.56 Å². The summed E-state index contributed by atoms with van der Waals surface area (Å²) in [5.41, 5.74) is 9.04. The van der Waals surface area contributed by atoms with Gasteiger partial charge in [-0.15, -0.1) is 0 Å². The van der Waals surface area contributed by atoms with E-state index >= 15 is 0 Å². The van der Waals surface area contributed by atoms with E-state index in [-0.39, 0.29) is 0 Å². The summed E-state index contributed by atoms with van der Waals surface area (Å²) < 4.78 is 5.60. The van der Waals surface area contributed by atoms with Gasteiger partial charge in [-0.25, -0.2) is 15.0 Å². The Labute approximate surface area is 103 Å². The molecule has 0 radical (unpaired) electrons. The average Bonchev–Trinajstić information content (AvgIpc) is 2.83. The molecule has 0 fully saturated rings. The minimum Gasteiger partial charge on any atom is -0.466 e. The maximum atomic E-state index is 5.78. The number of hydrogen-bond acceptors (Lipinski definition) is 5. The third-order valence-electron chi connectivity index (χ3n) is 3.12. The van der Waals surface area contributed by atoms with Crippen molar-refractivity contribution in [3.05, 3.63) is 23.4 Å². The third kappa shape index (κ3) is 1.38. The van der Waals surface area contributed by atoms with Gasteiger partial charge in [-0.2, -0.15) is 0 Å². The predicted octanol–water partition coefficient (Wildman–Crippen LogP) is 2.12. The van der Waals surface area contributed by atoms with Gasteiger partial charge in [0.2, 0.25) is 0 Å². The number of furan rings is 1. The first kappa shape index (κ1) is 10.8. The van der Waals surface area contributed by atoms with Gasteiger partial charge in [0.25, 0.3) is 0 Å². The fourth-order valence-electron chi connectivity index (χ4n) is 2.11. The number of imidazole rings is 1. The summed E-state index contributed by atoms with van der Waals surface area (Å²) in [7, 11) is 0. The summed E-state index contributed by atoms with van der Waals surface area (Å²) in [6.45, 7) is 5.85. The Morgan fingerprint density at radius 3 is 2.56 bits per heavy atom. The van der Waals surface area contributed by atoms with Crippen LogP contribution in [0.1, 0.15) is 17.1 Å². The smallest absolute Gasteiger partial charge is 0.183 e. The summed E-state index contributed by atoms with van der Waals surface area (Å²) in [5, 5.41) is 0. The fourth-order valence-corrected chi connectivity index (χ4v) is 2.11. The van der Waals surface area contributed by atoms with Crippen LogP contribution in [0, 0.1) is 20.8 Å². The standard InChI is InChI=1S/C12H13N5O/c1-5-6(2)18-7(3)8(5)11-16-9-10(13)14-4-15-12(9)17-11/h4H,1-3H3,(H3,13,14,15,16,17). The number of aromatic amines is 1. The number of anilines is 1. The third-order valence-corrected chi connectivity index (χ3v) is 3.12. The first-order valence-electron chi connectivity index (χ1n) is 5.61. The summed E-state index contributed by atoms with van der Waals surface area (Å²) in [6, 6.07) is 0. The van der Waals surface area contributed by atoms with Crippen LogP contribution in [0.25, 0.3) is 22.6 Å². The molecule has 18 heavy (non-hydrogen) atoms. The van der Waals surface area contributed by atoms with Gasteiger partial charge in [-0.3, -0.25) is 0 Å². The number of nitrogens with zero attached hydrogens (tertiary/aromatic N) is 3. The monoisotopic (exact) mass is 243 g/mol. The molecule has 3 rings (SSSR count). The zero-order chi connectivity index (χ0) is 12.9. The second kappa shape index (κ2) is 3.56. The van der Waals surface area contributed by atoms with E-state index in [0.29, 0.717) is 22.8 Å². The molecule has 3 heterocycles. The van der Waals surface area contributed by atoms with Crippen LogP contribution in [0.4, 0.5) is 5.82 Å². The minimum absolute atomic E-state index is 0.397. The van der Waals surface area contributed by atoms with Crippen molar-refractivity contribution in [1.29, 1.82) is 0 Å². The highest BCUT2D eigenvalue weighted by atomic mass is 16.3. The van der Waals surface area contributed by atoms with Gasteiger partial charge in [-0.1, -0.05) is 0 Å². The average molecular weight is 243 g/mol. The van der Waals surface area contributed by atoms with E-state index in [4.69, 9.17) is 10.2 Å². The van der Waals surface area contributed by atoms with E-state index < -0.39 is 0 Å². The topological polar surface area (TPSA) is 93.6 Å². The van der Waals surface area contributed by atoms with Crippen molar-refractivity contribution in [1.82, 2.24) is 19.9 Å². The molecule has 0 amide bonds. The predicted molar refractivity (Wildman–Crippen MR) is 68.0 cm³/mol. The van der Waals surface area contributed by atoms with E-state index in [0.717, 1.165) is 22.6 Å². The lowest BCUT2D eigenvalue weighted by Crippen LogP contribution is -1.91. The molecule has 0 aliphatic heterocycles. The zero-order valence-electron chi connectivity index (χ0n) is 10.4. The van der Waals surface area contributed by atoms with E-state index in [1.807, 2.05) is 20.8 Å². The zero-order valence-corrected chi connectivity index (χ0v) is 10.4. The van der Waals surface area contributed by atoms with Crippen LogP contribution >= 0.6 is 0 Å². The molecule has 6 heteroatoms. The van der Waals surface area contributed by atoms with E-state index in [9.17, 15) is 0 Å². The molecule has 6 nitrogen and oxygen atoms in total. The second-order valence-electron chi connectivity index (χ2n) is 4.26. The first-order chi connectivity index (χ1) is 8.58. The molecule has 92 valence electrons. The van der Waals surface area contributed by atoms with Crippen molar-refractivity contribution in [2.45, 2.75) is 20.8 Å². The summed E-state index contributed by atoms with van der Waals surface area (Å²) in [6.07, 6.45) is 1.41. The molecule has 0 aromatic carbocycles. The van der Waals surface area contributed by atoms with Crippen LogP contribution in [0.2, 0.25) is 0 Å². The SMILES string of the molecule is Cc1oc(C)c(-c2nc3ncnc(N)c3[nH]2)c1C. The Hall–Kier alpha value is -2.37.